The lowest BCUT2D eigenvalue weighted by atomic mass is 10.4. The van der Waals surface area contributed by atoms with Crippen molar-refractivity contribution in [3.63, 3.8) is 0 Å². The fourth-order valence-corrected chi connectivity index (χ4v) is 1.26. The molecule has 0 saturated carbocycles. The molecule has 2 rings (SSSR count). The molecule has 3 atom stereocenters. The summed E-state index contributed by atoms with van der Waals surface area (Å²) in [6.07, 6.45) is 0.145. The van der Waals surface area contributed by atoms with Gasteiger partial charge in [-0.05, 0) is 0 Å². The largest absolute Gasteiger partial charge is 0.382 e. The molecule has 2 aliphatic rings. The molecule has 3 unspecified atom stereocenters. The summed E-state index contributed by atoms with van der Waals surface area (Å²) in [6.45, 7) is 4.23. The third-order valence-electron chi connectivity index (χ3n) is 2.43. The van der Waals surface area contributed by atoms with Gasteiger partial charge >= 0.3 is 0 Å². The minimum atomic E-state index is -0.0692. The zero-order valence-electron chi connectivity index (χ0n) is 10.1. The van der Waals surface area contributed by atoms with Crippen molar-refractivity contribution in [3.8, 4) is 0 Å². The lowest BCUT2D eigenvalue weighted by Crippen LogP contribution is -2.28. The Morgan fingerprint density at radius 1 is 1.18 bits per heavy atom. The summed E-state index contributed by atoms with van der Waals surface area (Å²) in [5.41, 5.74) is 0. The molecule has 2 aliphatic heterocycles. The summed E-state index contributed by atoms with van der Waals surface area (Å²) in [5, 5.41) is 0. The van der Waals surface area contributed by atoms with Crippen molar-refractivity contribution in [2.45, 2.75) is 18.5 Å². The SMILES string of the molecule is COCCOCC(COC1CO1)OCC1CO1. The van der Waals surface area contributed by atoms with Gasteiger partial charge in [-0.25, -0.2) is 0 Å². The fourth-order valence-electron chi connectivity index (χ4n) is 1.26. The lowest BCUT2D eigenvalue weighted by Gasteiger charge is -2.17. The Bertz CT molecular complexity index is 188. The molecule has 0 aromatic carbocycles. The minimum absolute atomic E-state index is 0.0442. The Kier molecular flexibility index (Phi) is 5.63. The van der Waals surface area contributed by atoms with Gasteiger partial charge < -0.3 is 28.4 Å². The van der Waals surface area contributed by atoms with Crippen LogP contribution < -0.4 is 0 Å². The Morgan fingerprint density at radius 3 is 2.65 bits per heavy atom. The van der Waals surface area contributed by atoms with E-state index in [0.717, 1.165) is 6.61 Å². The molecule has 17 heavy (non-hydrogen) atoms. The summed E-state index contributed by atoms with van der Waals surface area (Å²) in [4.78, 5) is 0. The van der Waals surface area contributed by atoms with Gasteiger partial charge in [-0.1, -0.05) is 0 Å². The normalized spacial score (nSPS) is 28.1. The van der Waals surface area contributed by atoms with Gasteiger partial charge in [0.2, 0.25) is 0 Å². The van der Waals surface area contributed by atoms with Crippen LogP contribution in [0.25, 0.3) is 0 Å². The van der Waals surface area contributed by atoms with Gasteiger partial charge in [0.1, 0.15) is 18.8 Å². The summed E-state index contributed by atoms with van der Waals surface area (Å²) in [6, 6.07) is 0. The van der Waals surface area contributed by atoms with Gasteiger partial charge in [0.05, 0.1) is 39.6 Å². The number of epoxide rings is 2. The third kappa shape index (κ3) is 6.30. The van der Waals surface area contributed by atoms with Crippen LogP contribution >= 0.6 is 0 Å². The van der Waals surface area contributed by atoms with E-state index < -0.39 is 0 Å². The van der Waals surface area contributed by atoms with Gasteiger partial charge in [-0.3, -0.25) is 0 Å². The highest BCUT2D eigenvalue weighted by Gasteiger charge is 2.27. The first-order valence-corrected chi connectivity index (χ1v) is 5.91. The molecule has 0 aromatic heterocycles. The summed E-state index contributed by atoms with van der Waals surface area (Å²) in [7, 11) is 1.65. The number of hydrogen-bond donors (Lipinski definition) is 0. The molecule has 6 nitrogen and oxygen atoms in total. The van der Waals surface area contributed by atoms with Crippen molar-refractivity contribution in [2.75, 3.05) is 53.4 Å². The molecule has 0 spiro atoms. The second-order valence-electron chi connectivity index (χ2n) is 4.07. The first kappa shape index (κ1) is 13.2. The molecule has 0 aliphatic carbocycles. The van der Waals surface area contributed by atoms with Crippen molar-refractivity contribution < 1.29 is 28.4 Å². The fraction of sp³-hybridized carbons (Fsp3) is 1.00. The average molecular weight is 248 g/mol. The maximum Gasteiger partial charge on any atom is 0.181 e. The van der Waals surface area contributed by atoms with Crippen molar-refractivity contribution in [3.05, 3.63) is 0 Å². The van der Waals surface area contributed by atoms with Gasteiger partial charge in [0.25, 0.3) is 0 Å². The molecule has 2 fully saturated rings. The highest BCUT2D eigenvalue weighted by atomic mass is 16.8. The van der Waals surface area contributed by atoms with E-state index in [-0.39, 0.29) is 18.5 Å². The molecular formula is C11H20O6. The van der Waals surface area contributed by atoms with E-state index in [1.807, 2.05) is 0 Å². The van der Waals surface area contributed by atoms with E-state index in [0.29, 0.717) is 39.6 Å². The summed E-state index contributed by atoms with van der Waals surface area (Å²) >= 11 is 0. The Morgan fingerprint density at radius 2 is 2.00 bits per heavy atom. The van der Waals surface area contributed by atoms with Crippen LogP contribution in [0.15, 0.2) is 0 Å². The number of hydrogen-bond acceptors (Lipinski definition) is 6. The topological polar surface area (TPSA) is 62.0 Å². The molecule has 2 saturated heterocycles. The van der Waals surface area contributed by atoms with Gasteiger partial charge in [-0.15, -0.1) is 0 Å². The van der Waals surface area contributed by atoms with E-state index in [1.54, 1.807) is 7.11 Å². The Labute approximate surface area is 101 Å². The number of methoxy groups -OCH3 is 1. The second-order valence-corrected chi connectivity index (χ2v) is 4.07. The molecule has 2 heterocycles. The van der Waals surface area contributed by atoms with Crippen molar-refractivity contribution in [2.24, 2.45) is 0 Å². The lowest BCUT2D eigenvalue weighted by molar-refractivity contribution is -0.0822. The first-order chi connectivity index (χ1) is 8.38. The molecule has 0 bridgehead atoms. The summed E-state index contributed by atoms with van der Waals surface area (Å²) < 4.78 is 31.5. The highest BCUT2D eigenvalue weighted by molar-refractivity contribution is 4.69. The van der Waals surface area contributed by atoms with Crippen LogP contribution in [0.1, 0.15) is 0 Å². The van der Waals surface area contributed by atoms with Crippen LogP contribution in [0, 0.1) is 0 Å². The molecule has 0 amide bonds. The Hall–Kier alpha value is -0.240. The van der Waals surface area contributed by atoms with Gasteiger partial charge in [0, 0.05) is 7.11 Å². The van der Waals surface area contributed by atoms with Crippen LogP contribution in [-0.2, 0) is 28.4 Å². The van der Waals surface area contributed by atoms with E-state index in [4.69, 9.17) is 28.4 Å². The maximum atomic E-state index is 5.65. The van der Waals surface area contributed by atoms with Gasteiger partial charge in [-0.2, -0.15) is 0 Å². The smallest absolute Gasteiger partial charge is 0.181 e. The maximum absolute atomic E-state index is 5.65. The zero-order chi connectivity index (χ0) is 11.9. The molecule has 0 N–H and O–H groups in total. The van der Waals surface area contributed by atoms with Crippen LogP contribution in [-0.4, -0.2) is 71.9 Å². The van der Waals surface area contributed by atoms with Crippen LogP contribution in [0.5, 0.6) is 0 Å². The van der Waals surface area contributed by atoms with E-state index in [2.05, 4.69) is 0 Å². The predicted molar refractivity (Wildman–Crippen MR) is 57.9 cm³/mol. The molecule has 6 heteroatoms. The second kappa shape index (κ2) is 7.25. The molecule has 0 radical (unpaired) electrons. The highest BCUT2D eigenvalue weighted by Crippen LogP contribution is 2.13. The van der Waals surface area contributed by atoms with Crippen LogP contribution in [0.2, 0.25) is 0 Å². The molecule has 0 aromatic rings. The van der Waals surface area contributed by atoms with Gasteiger partial charge in [0.15, 0.2) is 6.29 Å². The molecule has 100 valence electrons. The zero-order valence-corrected chi connectivity index (χ0v) is 10.1. The number of rotatable bonds is 11. The van der Waals surface area contributed by atoms with Crippen LogP contribution in [0.4, 0.5) is 0 Å². The first-order valence-electron chi connectivity index (χ1n) is 5.91. The predicted octanol–water partition coefficient (Wildman–Crippen LogP) is -0.194. The standard InChI is InChI=1S/C11H20O6/c1-12-2-3-13-4-9(7-16-11-8-17-11)14-5-10-6-15-10/h9-11H,2-8H2,1H3. The quantitative estimate of drug-likeness (QED) is 0.373. The van der Waals surface area contributed by atoms with Crippen molar-refractivity contribution in [1.82, 2.24) is 0 Å². The minimum Gasteiger partial charge on any atom is -0.382 e. The van der Waals surface area contributed by atoms with Crippen LogP contribution in [0.3, 0.4) is 0 Å². The van der Waals surface area contributed by atoms with Crippen molar-refractivity contribution >= 4 is 0 Å². The molecular weight excluding hydrogens is 228 g/mol. The van der Waals surface area contributed by atoms with E-state index in [1.165, 1.54) is 0 Å². The monoisotopic (exact) mass is 248 g/mol. The Balaban J connectivity index is 1.54. The van der Waals surface area contributed by atoms with Crippen molar-refractivity contribution in [1.29, 1.82) is 0 Å². The van der Waals surface area contributed by atoms with E-state index in [9.17, 15) is 0 Å². The van der Waals surface area contributed by atoms with E-state index >= 15 is 0 Å². The average Bonchev–Trinajstić information content (AvgIpc) is 3.20. The summed E-state index contributed by atoms with van der Waals surface area (Å²) in [5.74, 6) is 0. The number of ether oxygens (including phenoxy) is 6. The third-order valence-corrected chi connectivity index (χ3v) is 2.43.